The van der Waals surface area contributed by atoms with Gasteiger partial charge in [-0.15, -0.1) is 0 Å². The lowest BCUT2D eigenvalue weighted by molar-refractivity contribution is 0.414. The van der Waals surface area contributed by atoms with E-state index in [0.717, 1.165) is 48.1 Å². The largest absolute Gasteiger partial charge is 0.495 e. The molecule has 140 valence electrons. The Bertz CT molecular complexity index is 951. The molecule has 3 N–H and O–H groups in total. The van der Waals surface area contributed by atoms with Crippen LogP contribution in [0.15, 0.2) is 36.5 Å². The quantitative estimate of drug-likeness (QED) is 0.643. The standard InChI is InChI=1S/C20H24N6O/c1-13-10-19(21-2)25-20(23-13)24-15-4-5-18(27-3)17(11-15)26-9-7-14-6-8-22-16(14)12-26/h4-6,8,10-11,22H,7,9,12H2,1-3H3,(H2,21,23,24,25). The highest BCUT2D eigenvalue weighted by Gasteiger charge is 2.20. The second-order valence-electron chi connectivity index (χ2n) is 6.63. The molecule has 0 spiro atoms. The summed E-state index contributed by atoms with van der Waals surface area (Å²) >= 11 is 0. The zero-order chi connectivity index (χ0) is 18.8. The Balaban J connectivity index is 1.62. The predicted octanol–water partition coefficient (Wildman–Crippen LogP) is 3.47. The third-order valence-electron chi connectivity index (χ3n) is 4.82. The number of nitrogens with one attached hydrogen (secondary N) is 3. The van der Waals surface area contributed by atoms with Gasteiger partial charge in [0.2, 0.25) is 5.95 Å². The molecule has 3 heterocycles. The van der Waals surface area contributed by atoms with Gasteiger partial charge in [0, 0.05) is 42.9 Å². The summed E-state index contributed by atoms with van der Waals surface area (Å²) < 4.78 is 5.61. The summed E-state index contributed by atoms with van der Waals surface area (Å²) in [7, 11) is 3.56. The number of H-pyrrole nitrogens is 1. The van der Waals surface area contributed by atoms with Gasteiger partial charge in [-0.2, -0.15) is 4.98 Å². The van der Waals surface area contributed by atoms with Gasteiger partial charge < -0.3 is 25.3 Å². The monoisotopic (exact) mass is 364 g/mol. The average molecular weight is 364 g/mol. The molecule has 3 aromatic rings. The fourth-order valence-electron chi connectivity index (χ4n) is 3.44. The fourth-order valence-corrected chi connectivity index (χ4v) is 3.44. The molecule has 0 saturated carbocycles. The van der Waals surface area contributed by atoms with Crippen LogP contribution in [0.25, 0.3) is 0 Å². The third kappa shape index (κ3) is 3.53. The molecular formula is C20H24N6O. The highest BCUT2D eigenvalue weighted by molar-refractivity contribution is 5.69. The summed E-state index contributed by atoms with van der Waals surface area (Å²) in [5.41, 5.74) is 5.55. The van der Waals surface area contributed by atoms with E-state index in [-0.39, 0.29) is 0 Å². The second kappa shape index (κ2) is 7.19. The number of rotatable bonds is 5. The first-order chi connectivity index (χ1) is 13.2. The lowest BCUT2D eigenvalue weighted by Crippen LogP contribution is -2.30. The van der Waals surface area contributed by atoms with E-state index >= 15 is 0 Å². The van der Waals surface area contributed by atoms with Crippen molar-refractivity contribution in [2.45, 2.75) is 19.9 Å². The molecule has 0 amide bonds. The minimum absolute atomic E-state index is 0.570. The topological polar surface area (TPSA) is 78.1 Å². The Morgan fingerprint density at radius 3 is 2.89 bits per heavy atom. The summed E-state index contributed by atoms with van der Waals surface area (Å²) in [6, 6.07) is 10.1. The number of hydrogen-bond donors (Lipinski definition) is 3. The maximum Gasteiger partial charge on any atom is 0.229 e. The van der Waals surface area contributed by atoms with Crippen molar-refractivity contribution in [3.05, 3.63) is 53.5 Å². The number of hydrogen-bond acceptors (Lipinski definition) is 6. The van der Waals surface area contributed by atoms with Crippen LogP contribution in [0, 0.1) is 6.92 Å². The van der Waals surface area contributed by atoms with Gasteiger partial charge in [-0.1, -0.05) is 0 Å². The number of anilines is 4. The molecule has 0 radical (unpaired) electrons. The van der Waals surface area contributed by atoms with Crippen molar-refractivity contribution in [2.24, 2.45) is 0 Å². The van der Waals surface area contributed by atoms with Gasteiger partial charge in [-0.25, -0.2) is 4.98 Å². The molecule has 0 atom stereocenters. The van der Waals surface area contributed by atoms with Crippen LogP contribution in [0.3, 0.4) is 0 Å². The Morgan fingerprint density at radius 2 is 2.07 bits per heavy atom. The summed E-state index contributed by atoms with van der Waals surface area (Å²) in [6.45, 7) is 3.75. The molecule has 4 rings (SSSR count). The van der Waals surface area contributed by atoms with E-state index in [1.165, 1.54) is 11.3 Å². The smallest absolute Gasteiger partial charge is 0.229 e. The number of methoxy groups -OCH3 is 1. The zero-order valence-electron chi connectivity index (χ0n) is 15.8. The number of ether oxygens (including phenoxy) is 1. The van der Waals surface area contributed by atoms with Gasteiger partial charge >= 0.3 is 0 Å². The van der Waals surface area contributed by atoms with E-state index in [9.17, 15) is 0 Å². The number of aryl methyl sites for hydroxylation is 1. The van der Waals surface area contributed by atoms with Crippen LogP contribution in [0.1, 0.15) is 17.0 Å². The Morgan fingerprint density at radius 1 is 1.19 bits per heavy atom. The third-order valence-corrected chi connectivity index (χ3v) is 4.82. The van der Waals surface area contributed by atoms with Crippen LogP contribution in [0.2, 0.25) is 0 Å². The first kappa shape index (κ1) is 17.2. The molecule has 0 unspecified atom stereocenters. The zero-order valence-corrected chi connectivity index (χ0v) is 15.8. The van der Waals surface area contributed by atoms with Gasteiger partial charge in [0.15, 0.2) is 0 Å². The lowest BCUT2D eigenvalue weighted by Gasteiger charge is -2.30. The number of benzene rings is 1. The summed E-state index contributed by atoms with van der Waals surface area (Å²) in [4.78, 5) is 14.6. The van der Waals surface area contributed by atoms with E-state index in [1.54, 1.807) is 7.11 Å². The Labute approximate surface area is 158 Å². The molecule has 0 saturated heterocycles. The van der Waals surface area contributed by atoms with Crippen molar-refractivity contribution in [1.29, 1.82) is 0 Å². The average Bonchev–Trinajstić information content (AvgIpc) is 3.15. The molecule has 27 heavy (non-hydrogen) atoms. The predicted molar refractivity (Wildman–Crippen MR) is 108 cm³/mol. The van der Waals surface area contributed by atoms with E-state index in [0.29, 0.717) is 5.95 Å². The van der Waals surface area contributed by atoms with Crippen LogP contribution in [0.5, 0.6) is 5.75 Å². The number of aromatic nitrogens is 3. The van der Waals surface area contributed by atoms with E-state index in [4.69, 9.17) is 4.74 Å². The van der Waals surface area contributed by atoms with Crippen LogP contribution in [-0.4, -0.2) is 35.7 Å². The molecule has 1 aromatic carbocycles. The maximum atomic E-state index is 5.61. The molecule has 2 aromatic heterocycles. The Hall–Kier alpha value is -3.22. The van der Waals surface area contributed by atoms with Crippen LogP contribution < -0.4 is 20.3 Å². The normalized spacial score (nSPS) is 13.2. The van der Waals surface area contributed by atoms with Crippen molar-refractivity contribution in [1.82, 2.24) is 15.0 Å². The summed E-state index contributed by atoms with van der Waals surface area (Å²) in [5.74, 6) is 2.21. The van der Waals surface area contributed by atoms with Crippen LogP contribution >= 0.6 is 0 Å². The van der Waals surface area contributed by atoms with Gasteiger partial charge in [-0.05, 0) is 43.2 Å². The second-order valence-corrected chi connectivity index (χ2v) is 6.63. The molecule has 7 heteroatoms. The van der Waals surface area contributed by atoms with E-state index in [2.05, 4.69) is 42.6 Å². The number of aromatic amines is 1. The van der Waals surface area contributed by atoms with Crippen molar-refractivity contribution in [3.63, 3.8) is 0 Å². The van der Waals surface area contributed by atoms with Crippen LogP contribution in [-0.2, 0) is 13.0 Å². The maximum absolute atomic E-state index is 5.61. The van der Waals surface area contributed by atoms with Crippen molar-refractivity contribution >= 4 is 23.1 Å². The van der Waals surface area contributed by atoms with E-state index < -0.39 is 0 Å². The molecular weight excluding hydrogens is 340 g/mol. The molecule has 0 aliphatic carbocycles. The molecule has 0 bridgehead atoms. The minimum atomic E-state index is 0.570. The van der Waals surface area contributed by atoms with Gasteiger partial charge in [-0.3, -0.25) is 0 Å². The number of nitrogens with zero attached hydrogens (tertiary/aromatic N) is 3. The molecule has 7 nitrogen and oxygen atoms in total. The molecule has 1 aliphatic heterocycles. The highest BCUT2D eigenvalue weighted by Crippen LogP contribution is 2.35. The first-order valence-corrected chi connectivity index (χ1v) is 9.05. The molecule has 0 fully saturated rings. The van der Waals surface area contributed by atoms with Gasteiger partial charge in [0.1, 0.15) is 11.6 Å². The van der Waals surface area contributed by atoms with Crippen molar-refractivity contribution in [2.75, 3.05) is 36.2 Å². The van der Waals surface area contributed by atoms with Gasteiger partial charge in [0.25, 0.3) is 0 Å². The van der Waals surface area contributed by atoms with Gasteiger partial charge in [0.05, 0.1) is 19.3 Å². The SMILES string of the molecule is CNc1cc(C)nc(Nc2ccc(OC)c(N3CCc4cc[nH]c4C3)c2)n1. The fraction of sp³-hybridized carbons (Fsp3) is 0.300. The number of fused-ring (bicyclic) bond motifs is 1. The summed E-state index contributed by atoms with van der Waals surface area (Å²) in [5, 5.41) is 6.37. The minimum Gasteiger partial charge on any atom is -0.495 e. The summed E-state index contributed by atoms with van der Waals surface area (Å²) in [6.07, 6.45) is 3.03. The van der Waals surface area contributed by atoms with Crippen molar-refractivity contribution < 1.29 is 4.74 Å². The lowest BCUT2D eigenvalue weighted by atomic mass is 10.1. The first-order valence-electron chi connectivity index (χ1n) is 9.05. The van der Waals surface area contributed by atoms with E-state index in [1.807, 2.05) is 38.4 Å². The highest BCUT2D eigenvalue weighted by atomic mass is 16.5. The Kier molecular flexibility index (Phi) is 4.58. The van der Waals surface area contributed by atoms with Crippen LogP contribution in [0.4, 0.5) is 23.1 Å². The molecule has 1 aliphatic rings. The van der Waals surface area contributed by atoms with Crippen molar-refractivity contribution in [3.8, 4) is 5.75 Å².